The van der Waals surface area contributed by atoms with Gasteiger partial charge in [-0.05, 0) is 50.1 Å². The second-order valence-corrected chi connectivity index (χ2v) is 8.27. The van der Waals surface area contributed by atoms with Crippen LogP contribution in [0.5, 0.6) is 5.75 Å². The van der Waals surface area contributed by atoms with E-state index < -0.39 is 12.0 Å². The standard InChI is InChI=1S/C21H21ClN2O3S/c1-2-27-17-10-9-13(22)12-14(17)19(24-11-5-7-16(24)21(25)26)20-23-15-6-3-4-8-18(15)28-20/h3-4,6,8-10,12,16,19H,2,5,7,11H2,1H3,(H,25,26). The Labute approximate surface area is 172 Å². The van der Waals surface area contributed by atoms with Crippen molar-refractivity contribution in [2.75, 3.05) is 13.2 Å². The molecular weight excluding hydrogens is 396 g/mol. The van der Waals surface area contributed by atoms with E-state index in [0.29, 0.717) is 30.3 Å². The summed E-state index contributed by atoms with van der Waals surface area (Å²) in [7, 11) is 0. The monoisotopic (exact) mass is 416 g/mol. The number of rotatable bonds is 6. The lowest BCUT2D eigenvalue weighted by molar-refractivity contribution is -0.142. The van der Waals surface area contributed by atoms with Crippen molar-refractivity contribution >= 4 is 39.1 Å². The number of halogens is 1. The normalized spacial score (nSPS) is 18.4. The minimum absolute atomic E-state index is 0.318. The molecule has 1 aliphatic heterocycles. The highest BCUT2D eigenvalue weighted by Gasteiger charge is 2.39. The number of hydrogen-bond donors (Lipinski definition) is 1. The second kappa shape index (κ2) is 8.07. The zero-order valence-corrected chi connectivity index (χ0v) is 17.0. The summed E-state index contributed by atoms with van der Waals surface area (Å²) >= 11 is 7.91. The number of benzene rings is 2. The fourth-order valence-electron chi connectivity index (χ4n) is 3.84. The number of carboxylic acids is 1. The van der Waals surface area contributed by atoms with Gasteiger partial charge in [-0.25, -0.2) is 4.98 Å². The largest absolute Gasteiger partial charge is 0.494 e. The number of nitrogens with zero attached hydrogens (tertiary/aromatic N) is 2. The molecule has 5 nitrogen and oxygen atoms in total. The Morgan fingerprint density at radius 1 is 1.39 bits per heavy atom. The molecule has 1 aliphatic rings. The van der Waals surface area contributed by atoms with E-state index in [1.807, 2.05) is 48.2 Å². The molecule has 1 N–H and O–H groups in total. The average Bonchev–Trinajstić information content (AvgIpc) is 3.31. The molecule has 0 bridgehead atoms. The maximum atomic E-state index is 11.9. The van der Waals surface area contributed by atoms with Gasteiger partial charge in [-0.3, -0.25) is 9.69 Å². The molecule has 1 fully saturated rings. The Morgan fingerprint density at radius 3 is 2.96 bits per heavy atom. The van der Waals surface area contributed by atoms with Crippen LogP contribution >= 0.6 is 22.9 Å². The van der Waals surface area contributed by atoms with Gasteiger partial charge in [-0.15, -0.1) is 11.3 Å². The van der Waals surface area contributed by atoms with Crippen LogP contribution in [0.3, 0.4) is 0 Å². The van der Waals surface area contributed by atoms with E-state index in [1.54, 1.807) is 17.4 Å². The first-order chi connectivity index (χ1) is 13.6. The highest BCUT2D eigenvalue weighted by atomic mass is 35.5. The molecule has 0 amide bonds. The van der Waals surface area contributed by atoms with Gasteiger partial charge in [0.2, 0.25) is 0 Å². The lowest BCUT2D eigenvalue weighted by Gasteiger charge is -2.31. The number of ether oxygens (including phenoxy) is 1. The molecule has 3 aromatic rings. The lowest BCUT2D eigenvalue weighted by Crippen LogP contribution is -2.39. The third-order valence-electron chi connectivity index (χ3n) is 5.02. The number of aliphatic carboxylic acids is 1. The van der Waals surface area contributed by atoms with Gasteiger partial charge in [0.15, 0.2) is 0 Å². The van der Waals surface area contributed by atoms with Crippen molar-refractivity contribution in [3.8, 4) is 5.75 Å². The first-order valence-electron chi connectivity index (χ1n) is 9.34. The molecular formula is C21H21ClN2O3S. The van der Waals surface area contributed by atoms with Crippen LogP contribution in [-0.4, -0.2) is 40.2 Å². The van der Waals surface area contributed by atoms with E-state index in [9.17, 15) is 9.90 Å². The molecule has 1 aromatic heterocycles. The zero-order chi connectivity index (χ0) is 19.7. The van der Waals surface area contributed by atoms with Crippen molar-refractivity contribution in [2.45, 2.75) is 31.8 Å². The summed E-state index contributed by atoms with van der Waals surface area (Å²) in [6, 6.07) is 12.6. The van der Waals surface area contributed by atoms with Gasteiger partial charge >= 0.3 is 5.97 Å². The molecule has 0 saturated carbocycles. The summed E-state index contributed by atoms with van der Waals surface area (Å²) in [6.45, 7) is 3.14. The summed E-state index contributed by atoms with van der Waals surface area (Å²) in [5, 5.41) is 11.2. The molecule has 4 rings (SSSR count). The predicted molar refractivity (Wildman–Crippen MR) is 111 cm³/mol. The molecule has 0 spiro atoms. The summed E-state index contributed by atoms with van der Waals surface area (Å²) in [5.74, 6) is -0.0872. The minimum Gasteiger partial charge on any atom is -0.494 e. The molecule has 0 aliphatic carbocycles. The van der Waals surface area contributed by atoms with Crippen LogP contribution in [-0.2, 0) is 4.79 Å². The lowest BCUT2D eigenvalue weighted by atomic mass is 10.0. The third kappa shape index (κ3) is 3.60. The number of aromatic nitrogens is 1. The summed E-state index contributed by atoms with van der Waals surface area (Å²) < 4.78 is 6.95. The van der Waals surface area contributed by atoms with E-state index in [-0.39, 0.29) is 6.04 Å². The topological polar surface area (TPSA) is 62.7 Å². The number of thiazole rings is 1. The highest BCUT2D eigenvalue weighted by Crippen LogP contribution is 2.42. The number of likely N-dealkylation sites (tertiary alicyclic amines) is 1. The Morgan fingerprint density at radius 2 is 2.21 bits per heavy atom. The summed E-state index contributed by atoms with van der Waals surface area (Å²) in [6.07, 6.45) is 1.46. The van der Waals surface area contributed by atoms with Crippen molar-refractivity contribution in [1.82, 2.24) is 9.88 Å². The average molecular weight is 417 g/mol. The van der Waals surface area contributed by atoms with Gasteiger partial charge in [0, 0.05) is 17.1 Å². The van der Waals surface area contributed by atoms with E-state index in [2.05, 4.69) is 0 Å². The van der Waals surface area contributed by atoms with Gasteiger partial charge in [0.05, 0.1) is 22.9 Å². The first kappa shape index (κ1) is 19.2. The zero-order valence-electron chi connectivity index (χ0n) is 15.5. The van der Waals surface area contributed by atoms with Crippen LogP contribution in [0.1, 0.15) is 36.4 Å². The number of hydrogen-bond acceptors (Lipinski definition) is 5. The van der Waals surface area contributed by atoms with Crippen LogP contribution in [0, 0.1) is 0 Å². The third-order valence-corrected chi connectivity index (χ3v) is 6.35. The van der Waals surface area contributed by atoms with E-state index in [1.165, 1.54) is 0 Å². The second-order valence-electron chi connectivity index (χ2n) is 6.77. The molecule has 146 valence electrons. The van der Waals surface area contributed by atoms with Crippen molar-refractivity contribution in [3.63, 3.8) is 0 Å². The fraction of sp³-hybridized carbons (Fsp3) is 0.333. The van der Waals surface area contributed by atoms with Crippen molar-refractivity contribution in [2.24, 2.45) is 0 Å². The molecule has 1 saturated heterocycles. The highest BCUT2D eigenvalue weighted by molar-refractivity contribution is 7.18. The van der Waals surface area contributed by atoms with Crippen molar-refractivity contribution in [3.05, 3.63) is 58.1 Å². The number of fused-ring (bicyclic) bond motifs is 1. The van der Waals surface area contributed by atoms with Gasteiger partial charge in [0.25, 0.3) is 0 Å². The van der Waals surface area contributed by atoms with Gasteiger partial charge in [-0.1, -0.05) is 23.7 Å². The maximum absolute atomic E-state index is 11.9. The van der Waals surface area contributed by atoms with Crippen LogP contribution in [0.25, 0.3) is 10.2 Å². The molecule has 2 heterocycles. The Balaban J connectivity index is 1.89. The van der Waals surface area contributed by atoms with E-state index in [0.717, 1.165) is 27.2 Å². The van der Waals surface area contributed by atoms with Crippen LogP contribution < -0.4 is 4.74 Å². The molecule has 2 atom stereocenters. The molecule has 7 heteroatoms. The Kier molecular flexibility index (Phi) is 5.53. The van der Waals surface area contributed by atoms with Crippen molar-refractivity contribution < 1.29 is 14.6 Å². The van der Waals surface area contributed by atoms with Crippen LogP contribution in [0.4, 0.5) is 0 Å². The van der Waals surface area contributed by atoms with Crippen LogP contribution in [0.15, 0.2) is 42.5 Å². The van der Waals surface area contributed by atoms with E-state index in [4.69, 9.17) is 21.3 Å². The SMILES string of the molecule is CCOc1ccc(Cl)cc1C(c1nc2ccccc2s1)N1CCCC1C(=O)O. The first-order valence-corrected chi connectivity index (χ1v) is 10.5. The van der Waals surface area contributed by atoms with Gasteiger partial charge < -0.3 is 9.84 Å². The Hall–Kier alpha value is -2.15. The number of para-hydroxylation sites is 1. The molecule has 2 aromatic carbocycles. The number of carboxylic acid groups (broad SMARTS) is 1. The molecule has 0 radical (unpaired) electrons. The summed E-state index contributed by atoms with van der Waals surface area (Å²) in [4.78, 5) is 18.8. The maximum Gasteiger partial charge on any atom is 0.320 e. The Bertz CT molecular complexity index is 973. The predicted octanol–water partition coefficient (Wildman–Crippen LogP) is 4.99. The fourth-order valence-corrected chi connectivity index (χ4v) is 5.13. The smallest absolute Gasteiger partial charge is 0.320 e. The number of carbonyl (C=O) groups is 1. The molecule has 28 heavy (non-hydrogen) atoms. The van der Waals surface area contributed by atoms with Gasteiger partial charge in [0.1, 0.15) is 16.8 Å². The van der Waals surface area contributed by atoms with Gasteiger partial charge in [-0.2, -0.15) is 0 Å². The van der Waals surface area contributed by atoms with Crippen molar-refractivity contribution in [1.29, 1.82) is 0 Å². The quantitative estimate of drug-likeness (QED) is 0.613. The molecule has 2 unspecified atom stereocenters. The summed E-state index contributed by atoms with van der Waals surface area (Å²) in [5.41, 5.74) is 1.78. The van der Waals surface area contributed by atoms with Crippen LogP contribution in [0.2, 0.25) is 5.02 Å². The van der Waals surface area contributed by atoms with E-state index >= 15 is 0 Å². The minimum atomic E-state index is -0.802.